The number of rotatable bonds is 5. The lowest BCUT2D eigenvalue weighted by Gasteiger charge is -2.37. The van der Waals surface area contributed by atoms with E-state index in [1.165, 1.54) is 36.9 Å². The van der Waals surface area contributed by atoms with Crippen LogP contribution < -0.4 is 9.47 Å². The van der Waals surface area contributed by atoms with Crippen molar-refractivity contribution in [3.8, 4) is 11.5 Å². The molecule has 0 radical (unpaired) electrons. The first-order valence-electron chi connectivity index (χ1n) is 13.8. The number of hydrogen-bond acceptors (Lipinski definition) is 4. The van der Waals surface area contributed by atoms with Crippen LogP contribution in [0.2, 0.25) is 0 Å². The van der Waals surface area contributed by atoms with Gasteiger partial charge in [0.15, 0.2) is 11.5 Å². The molecule has 39 heavy (non-hydrogen) atoms. The average molecular weight is 554 g/mol. The maximum absolute atomic E-state index is 14.0. The van der Waals surface area contributed by atoms with Gasteiger partial charge in [0.05, 0.1) is 5.52 Å². The minimum atomic E-state index is -0.156. The molecule has 0 amide bonds. The number of benzene rings is 2. The zero-order chi connectivity index (χ0) is 24.9. The first kappa shape index (κ1) is 27.7. The van der Waals surface area contributed by atoms with E-state index in [1.54, 1.807) is 12.1 Å². The summed E-state index contributed by atoms with van der Waals surface area (Å²) in [6.45, 7) is 4.50. The number of nitrogens with zero attached hydrogens (tertiary/aromatic N) is 2. The van der Waals surface area contributed by atoms with Gasteiger partial charge in [-0.15, -0.1) is 12.4 Å². The molecule has 4 aromatic rings. The summed E-state index contributed by atoms with van der Waals surface area (Å²) in [4.78, 5) is 10.9. The Labute approximate surface area is 234 Å². The van der Waals surface area contributed by atoms with Crippen LogP contribution in [0.25, 0.3) is 21.8 Å². The third-order valence-corrected chi connectivity index (χ3v) is 8.66. The van der Waals surface area contributed by atoms with Crippen LogP contribution in [0.1, 0.15) is 49.1 Å². The predicted molar refractivity (Wildman–Crippen MR) is 155 cm³/mol. The molecule has 208 valence electrons. The normalized spacial score (nSPS) is 20.6. The maximum Gasteiger partial charge on any atom is 0.171 e. The van der Waals surface area contributed by atoms with E-state index in [1.807, 2.05) is 31.2 Å². The summed E-state index contributed by atoms with van der Waals surface area (Å²) in [5.74, 6) is 2.04. The van der Waals surface area contributed by atoms with E-state index in [9.17, 15) is 4.39 Å². The third kappa shape index (κ3) is 5.32. The van der Waals surface area contributed by atoms with E-state index in [4.69, 9.17) is 9.47 Å². The van der Waals surface area contributed by atoms with Gasteiger partial charge in [0.2, 0.25) is 0 Å². The van der Waals surface area contributed by atoms with Gasteiger partial charge in [-0.1, -0.05) is 12.8 Å². The molecule has 8 heteroatoms. The Balaban J connectivity index is 0.00000154. The fraction of sp³-hybridized carbons (Fsp3) is 0.452. The number of fused-ring (bicyclic) bond motifs is 6. The number of aromatic nitrogens is 2. The van der Waals surface area contributed by atoms with E-state index in [0.717, 1.165) is 71.4 Å². The minimum Gasteiger partial charge on any atom is -0.486 e. The molecule has 3 aliphatic rings. The fourth-order valence-corrected chi connectivity index (χ4v) is 6.82. The number of H-pyrrole nitrogens is 1. The number of ether oxygens (including phenoxy) is 2. The molecule has 1 saturated carbocycles. The summed E-state index contributed by atoms with van der Waals surface area (Å²) in [7, 11) is 0. The molecule has 2 aliphatic carbocycles. The van der Waals surface area contributed by atoms with Crippen LogP contribution in [-0.2, 0) is 12.8 Å². The second-order valence-corrected chi connectivity index (χ2v) is 11.2. The van der Waals surface area contributed by atoms with Crippen molar-refractivity contribution in [3.05, 3.63) is 65.2 Å². The Bertz CT molecular complexity index is 1470. The summed E-state index contributed by atoms with van der Waals surface area (Å²) < 4.78 is 26.9. The Hall–Kier alpha value is -2.87. The lowest BCUT2D eigenvalue weighted by molar-refractivity contribution is 0.0397. The Kier molecular flexibility index (Phi) is 8.04. The Morgan fingerprint density at radius 2 is 1.87 bits per heavy atom. The molecule has 6 nitrogen and oxygen atoms in total. The van der Waals surface area contributed by atoms with E-state index < -0.39 is 0 Å². The molecular formula is C31H37ClFN3O3. The van der Waals surface area contributed by atoms with Crippen molar-refractivity contribution in [1.29, 1.82) is 0 Å². The van der Waals surface area contributed by atoms with Gasteiger partial charge in [0.25, 0.3) is 0 Å². The topological polar surface area (TPSA) is 81.9 Å². The molecule has 2 aromatic carbocycles. The summed E-state index contributed by atoms with van der Waals surface area (Å²) in [5.41, 5.74) is 5.62. The number of aryl methyl sites for hydroxylation is 2. The zero-order valence-electron chi connectivity index (χ0n) is 22.3. The van der Waals surface area contributed by atoms with E-state index in [-0.39, 0.29) is 29.8 Å². The molecule has 3 heterocycles. The molecule has 1 aliphatic heterocycles. The summed E-state index contributed by atoms with van der Waals surface area (Å²) in [6, 6.07) is 13.9. The second kappa shape index (κ2) is 11.3. The highest BCUT2D eigenvalue weighted by Gasteiger charge is 2.32. The van der Waals surface area contributed by atoms with Gasteiger partial charge in [0, 0.05) is 46.8 Å². The number of aromatic amines is 1. The summed E-state index contributed by atoms with van der Waals surface area (Å²) in [6.07, 6.45) is 8.30. The number of pyridine rings is 1. The van der Waals surface area contributed by atoms with Gasteiger partial charge in [-0.3, -0.25) is 9.88 Å². The van der Waals surface area contributed by atoms with Gasteiger partial charge < -0.3 is 19.9 Å². The number of halogens is 2. The molecule has 3 N–H and O–H groups in total. The predicted octanol–water partition coefficient (Wildman–Crippen LogP) is 5.95. The van der Waals surface area contributed by atoms with Gasteiger partial charge >= 0.3 is 0 Å². The van der Waals surface area contributed by atoms with Crippen molar-refractivity contribution < 1.29 is 19.3 Å². The molecule has 7 rings (SSSR count). The molecule has 0 spiro atoms. The van der Waals surface area contributed by atoms with E-state index in [0.29, 0.717) is 18.6 Å². The monoisotopic (exact) mass is 553 g/mol. The van der Waals surface area contributed by atoms with Gasteiger partial charge in [0.1, 0.15) is 18.5 Å². The molecule has 2 atom stereocenters. The van der Waals surface area contributed by atoms with Crippen molar-refractivity contribution in [2.45, 2.75) is 64.0 Å². The second-order valence-electron chi connectivity index (χ2n) is 11.2. The van der Waals surface area contributed by atoms with Crippen LogP contribution >= 0.6 is 12.4 Å². The molecule has 0 bridgehead atoms. The smallest absolute Gasteiger partial charge is 0.171 e. The van der Waals surface area contributed by atoms with Crippen LogP contribution in [0.15, 0.2) is 42.5 Å². The number of nitrogens with one attached hydrogen (secondary N) is 1. The average Bonchev–Trinajstić information content (AvgIpc) is 3.56. The van der Waals surface area contributed by atoms with Crippen LogP contribution in [-0.4, -0.2) is 52.2 Å². The largest absolute Gasteiger partial charge is 0.486 e. The highest BCUT2D eigenvalue weighted by atomic mass is 35.5. The first-order chi connectivity index (χ1) is 18.1. The maximum atomic E-state index is 14.0. The molecular weight excluding hydrogens is 517 g/mol. The lowest BCUT2D eigenvalue weighted by atomic mass is 9.85. The minimum absolute atomic E-state index is 0. The van der Waals surface area contributed by atoms with E-state index in [2.05, 4.69) is 20.9 Å². The van der Waals surface area contributed by atoms with Crippen molar-refractivity contribution >= 4 is 34.2 Å². The van der Waals surface area contributed by atoms with Crippen molar-refractivity contribution in [1.82, 2.24) is 14.9 Å². The quantitative estimate of drug-likeness (QED) is 0.331. The summed E-state index contributed by atoms with van der Waals surface area (Å²) >= 11 is 0. The third-order valence-electron chi connectivity index (χ3n) is 8.66. The molecule has 0 saturated heterocycles. The van der Waals surface area contributed by atoms with E-state index >= 15 is 0 Å². The zero-order valence-corrected chi connectivity index (χ0v) is 23.2. The Morgan fingerprint density at radius 3 is 2.72 bits per heavy atom. The Morgan fingerprint density at radius 1 is 1.03 bits per heavy atom. The highest BCUT2D eigenvalue weighted by Crippen LogP contribution is 2.39. The van der Waals surface area contributed by atoms with Gasteiger partial charge in [-0.2, -0.15) is 0 Å². The van der Waals surface area contributed by atoms with Crippen molar-refractivity contribution in [3.63, 3.8) is 0 Å². The molecule has 2 aromatic heterocycles. The van der Waals surface area contributed by atoms with Crippen molar-refractivity contribution in [2.24, 2.45) is 5.92 Å². The van der Waals surface area contributed by atoms with Gasteiger partial charge in [-0.25, -0.2) is 4.39 Å². The van der Waals surface area contributed by atoms with Crippen LogP contribution in [0, 0.1) is 18.7 Å². The van der Waals surface area contributed by atoms with Crippen molar-refractivity contribution in [2.75, 3.05) is 19.7 Å². The van der Waals surface area contributed by atoms with Crippen LogP contribution in [0.3, 0.4) is 0 Å². The standard InChI is InChI=1S/C31H34FN3O2.ClH.H2O/c1-19-6-9-24-27(33-19)12-13-30-31(24)37-23(18-36-30)17-35(22-4-2-3-5-22)16-20-7-10-28-25(14-20)26-15-21(32)8-11-29(26)34-28;;/h6,8-9,11-13,15,20,22-23,34H,2-5,7,10,14,16-18H2,1H3;1H;1H2/t20-,23+;;/m1../s1. The molecule has 1 fully saturated rings. The summed E-state index contributed by atoms with van der Waals surface area (Å²) in [5, 5.41) is 2.08. The SMILES string of the molecule is Cc1ccc2c3c(ccc2n1)OC[C@H](CN(C[C@@H]1CCc2[nH]c4ccc(F)cc4c2C1)C1CCCC1)O3.Cl.O. The lowest BCUT2D eigenvalue weighted by Crippen LogP contribution is -2.47. The first-order valence-corrected chi connectivity index (χ1v) is 13.8. The highest BCUT2D eigenvalue weighted by molar-refractivity contribution is 5.88. The fourth-order valence-electron chi connectivity index (χ4n) is 6.82. The van der Waals surface area contributed by atoms with Gasteiger partial charge in [-0.05, 0) is 93.0 Å². The number of hydrogen-bond donors (Lipinski definition) is 1. The van der Waals surface area contributed by atoms with Crippen LogP contribution in [0.4, 0.5) is 4.39 Å². The van der Waals surface area contributed by atoms with Crippen LogP contribution in [0.5, 0.6) is 11.5 Å². The molecule has 0 unspecified atom stereocenters.